The van der Waals surface area contributed by atoms with E-state index in [0.29, 0.717) is 23.9 Å². The molecule has 2 aromatic carbocycles. The molecule has 1 saturated heterocycles. The quantitative estimate of drug-likeness (QED) is 0.622. The molecule has 1 amide bonds. The number of carbonyl (C=O) groups is 1. The van der Waals surface area contributed by atoms with E-state index in [0.717, 1.165) is 24.3 Å². The summed E-state index contributed by atoms with van der Waals surface area (Å²) in [5, 5.41) is 0.670. The van der Waals surface area contributed by atoms with Gasteiger partial charge in [0.15, 0.2) is 0 Å². The third-order valence-corrected chi connectivity index (χ3v) is 4.57. The summed E-state index contributed by atoms with van der Waals surface area (Å²) < 4.78 is 17.2. The van der Waals surface area contributed by atoms with E-state index in [2.05, 4.69) is 0 Å². The molecule has 1 unspecified atom stereocenters. The van der Waals surface area contributed by atoms with Gasteiger partial charge in [0.05, 0.1) is 6.04 Å². The molecule has 6 heteroatoms. The fraction of sp³-hybridized carbons (Fsp3) is 0.409. The van der Waals surface area contributed by atoms with Crippen LogP contribution in [0.25, 0.3) is 0 Å². The first kappa shape index (κ1) is 20.3. The molecule has 1 heterocycles. The fourth-order valence-electron chi connectivity index (χ4n) is 3.00. The summed E-state index contributed by atoms with van der Waals surface area (Å²) in [6, 6.07) is 14.7. The van der Waals surface area contributed by atoms with Crippen LogP contribution >= 0.6 is 11.6 Å². The maximum atomic E-state index is 12.3. The molecule has 0 N–H and O–H groups in total. The molecule has 0 aromatic heterocycles. The van der Waals surface area contributed by atoms with Crippen molar-refractivity contribution < 1.29 is 19.0 Å². The number of hydrogen-bond acceptors (Lipinski definition) is 4. The van der Waals surface area contributed by atoms with Gasteiger partial charge in [0, 0.05) is 11.6 Å². The van der Waals surface area contributed by atoms with Crippen LogP contribution in [0.15, 0.2) is 48.5 Å². The Hall–Kier alpha value is -2.40. The third kappa shape index (κ3) is 5.80. The maximum absolute atomic E-state index is 12.3. The Morgan fingerprint density at radius 1 is 1.04 bits per heavy atom. The van der Waals surface area contributed by atoms with Crippen molar-refractivity contribution in [2.45, 2.75) is 45.3 Å². The van der Waals surface area contributed by atoms with Crippen molar-refractivity contribution in [2.75, 3.05) is 13.2 Å². The molecule has 1 aliphatic rings. The minimum absolute atomic E-state index is 0.0276. The second kappa shape index (κ2) is 8.74. The average molecular weight is 404 g/mol. The zero-order valence-corrected chi connectivity index (χ0v) is 17.2. The van der Waals surface area contributed by atoms with Crippen LogP contribution in [-0.4, -0.2) is 35.8 Å². The van der Waals surface area contributed by atoms with Crippen molar-refractivity contribution in [1.29, 1.82) is 0 Å². The van der Waals surface area contributed by atoms with Crippen molar-refractivity contribution in [3.63, 3.8) is 0 Å². The summed E-state index contributed by atoms with van der Waals surface area (Å²) in [6.07, 6.45) is 1.60. The summed E-state index contributed by atoms with van der Waals surface area (Å²) in [4.78, 5) is 14.1. The van der Waals surface area contributed by atoms with E-state index in [1.165, 1.54) is 0 Å². The van der Waals surface area contributed by atoms with Crippen LogP contribution in [0.4, 0.5) is 4.79 Å². The van der Waals surface area contributed by atoms with Crippen molar-refractivity contribution in [3.8, 4) is 17.2 Å². The SMILES string of the molecule is CC(C)(C)OC(=O)N1CCCC1COc1ccc(Oc2ccc(Cl)cc2)cc1. The molecular weight excluding hydrogens is 378 g/mol. The van der Waals surface area contributed by atoms with Gasteiger partial charge in [0.25, 0.3) is 0 Å². The van der Waals surface area contributed by atoms with Crippen LogP contribution in [0.5, 0.6) is 17.2 Å². The predicted molar refractivity (Wildman–Crippen MR) is 109 cm³/mol. The highest BCUT2D eigenvalue weighted by Gasteiger charge is 2.32. The highest BCUT2D eigenvalue weighted by Crippen LogP contribution is 2.26. The van der Waals surface area contributed by atoms with Gasteiger partial charge in [-0.3, -0.25) is 0 Å². The zero-order chi connectivity index (χ0) is 20.1. The monoisotopic (exact) mass is 403 g/mol. The van der Waals surface area contributed by atoms with Gasteiger partial charge in [0.2, 0.25) is 0 Å². The van der Waals surface area contributed by atoms with Crippen molar-refractivity contribution in [3.05, 3.63) is 53.6 Å². The lowest BCUT2D eigenvalue weighted by Gasteiger charge is -2.28. The van der Waals surface area contributed by atoms with Crippen molar-refractivity contribution >= 4 is 17.7 Å². The lowest BCUT2D eigenvalue weighted by Crippen LogP contribution is -2.42. The number of halogens is 1. The van der Waals surface area contributed by atoms with Gasteiger partial charge in [-0.15, -0.1) is 0 Å². The molecule has 0 aliphatic carbocycles. The Kier molecular flexibility index (Phi) is 6.35. The molecule has 0 radical (unpaired) electrons. The number of amides is 1. The van der Waals surface area contributed by atoms with E-state index in [1.54, 1.807) is 17.0 Å². The number of benzene rings is 2. The highest BCUT2D eigenvalue weighted by atomic mass is 35.5. The fourth-order valence-corrected chi connectivity index (χ4v) is 3.13. The summed E-state index contributed by atoms with van der Waals surface area (Å²) in [7, 11) is 0. The van der Waals surface area contributed by atoms with Crippen LogP contribution in [0.1, 0.15) is 33.6 Å². The molecule has 2 aromatic rings. The minimum atomic E-state index is -0.495. The number of carbonyl (C=O) groups excluding carboxylic acids is 1. The first-order valence-electron chi connectivity index (χ1n) is 9.46. The van der Waals surface area contributed by atoms with Gasteiger partial charge in [0.1, 0.15) is 29.5 Å². The first-order valence-corrected chi connectivity index (χ1v) is 9.84. The Morgan fingerprint density at radius 3 is 2.21 bits per heavy atom. The standard InChI is InChI=1S/C22H26ClNO4/c1-22(2,3)28-21(25)24-14-4-5-17(24)15-26-18-10-12-20(13-11-18)27-19-8-6-16(23)7-9-19/h6-13,17H,4-5,14-15H2,1-3H3. The summed E-state index contributed by atoms with van der Waals surface area (Å²) >= 11 is 5.88. The topological polar surface area (TPSA) is 48.0 Å². The Balaban J connectivity index is 1.52. The minimum Gasteiger partial charge on any atom is -0.491 e. The molecule has 0 spiro atoms. The molecule has 5 nitrogen and oxygen atoms in total. The molecule has 1 atom stereocenters. The summed E-state index contributed by atoms with van der Waals surface area (Å²) in [5.41, 5.74) is -0.495. The maximum Gasteiger partial charge on any atom is 0.410 e. The molecule has 28 heavy (non-hydrogen) atoms. The van der Waals surface area contributed by atoms with Gasteiger partial charge in [-0.1, -0.05) is 11.6 Å². The number of rotatable bonds is 5. The second-order valence-corrected chi connectivity index (χ2v) is 8.24. The van der Waals surface area contributed by atoms with Gasteiger partial charge in [-0.25, -0.2) is 4.79 Å². The number of likely N-dealkylation sites (tertiary alicyclic amines) is 1. The van der Waals surface area contributed by atoms with Crippen LogP contribution in [-0.2, 0) is 4.74 Å². The van der Waals surface area contributed by atoms with Crippen LogP contribution in [0.2, 0.25) is 5.02 Å². The van der Waals surface area contributed by atoms with Crippen LogP contribution in [0, 0.1) is 0 Å². The van der Waals surface area contributed by atoms with Gasteiger partial charge >= 0.3 is 6.09 Å². The summed E-state index contributed by atoms with van der Waals surface area (Å²) in [5.74, 6) is 2.17. The molecule has 1 fully saturated rings. The Morgan fingerprint density at radius 2 is 1.61 bits per heavy atom. The largest absolute Gasteiger partial charge is 0.491 e. The molecule has 0 saturated carbocycles. The molecule has 150 valence electrons. The van der Waals surface area contributed by atoms with E-state index in [-0.39, 0.29) is 12.1 Å². The molecular formula is C22H26ClNO4. The molecule has 0 bridgehead atoms. The molecule has 1 aliphatic heterocycles. The van der Waals surface area contributed by atoms with Crippen LogP contribution in [0.3, 0.4) is 0 Å². The number of nitrogens with zero attached hydrogens (tertiary/aromatic N) is 1. The van der Waals surface area contributed by atoms with E-state index >= 15 is 0 Å². The average Bonchev–Trinajstić information content (AvgIpc) is 3.10. The smallest absolute Gasteiger partial charge is 0.410 e. The van der Waals surface area contributed by atoms with Gasteiger partial charge < -0.3 is 19.1 Å². The first-order chi connectivity index (χ1) is 13.3. The second-order valence-electron chi connectivity index (χ2n) is 7.81. The van der Waals surface area contributed by atoms with E-state index in [4.69, 9.17) is 25.8 Å². The molecule has 3 rings (SSSR count). The normalized spacial score (nSPS) is 16.7. The summed E-state index contributed by atoms with van der Waals surface area (Å²) in [6.45, 7) is 6.77. The number of hydrogen-bond donors (Lipinski definition) is 0. The van der Waals surface area contributed by atoms with Gasteiger partial charge in [-0.2, -0.15) is 0 Å². The number of ether oxygens (including phenoxy) is 3. The predicted octanol–water partition coefficient (Wildman–Crippen LogP) is 5.91. The van der Waals surface area contributed by atoms with E-state index in [1.807, 2.05) is 57.2 Å². The zero-order valence-electron chi connectivity index (χ0n) is 16.5. The Bertz CT molecular complexity index is 784. The van der Waals surface area contributed by atoms with E-state index < -0.39 is 5.60 Å². The van der Waals surface area contributed by atoms with Gasteiger partial charge in [-0.05, 0) is 82.1 Å². The van der Waals surface area contributed by atoms with Crippen LogP contribution < -0.4 is 9.47 Å². The lowest BCUT2D eigenvalue weighted by molar-refractivity contribution is 0.0187. The third-order valence-electron chi connectivity index (χ3n) is 4.32. The lowest BCUT2D eigenvalue weighted by atomic mass is 10.2. The Labute approximate surface area is 171 Å². The van der Waals surface area contributed by atoms with E-state index in [9.17, 15) is 4.79 Å². The van der Waals surface area contributed by atoms with Crippen molar-refractivity contribution in [1.82, 2.24) is 4.90 Å². The highest BCUT2D eigenvalue weighted by molar-refractivity contribution is 6.30. The van der Waals surface area contributed by atoms with Crippen molar-refractivity contribution in [2.24, 2.45) is 0 Å².